The van der Waals surface area contributed by atoms with E-state index < -0.39 is 0 Å². The zero-order valence-corrected chi connectivity index (χ0v) is 9.10. The third kappa shape index (κ3) is 8.00. The van der Waals surface area contributed by atoms with Crippen LogP contribution in [0.5, 0.6) is 0 Å². The minimum atomic E-state index is 0.425. The molecule has 0 radical (unpaired) electrons. The Hall–Kier alpha value is -0.340. The van der Waals surface area contributed by atoms with E-state index in [2.05, 4.69) is 25.9 Å². The Morgan fingerprint density at radius 3 is 2.54 bits per heavy atom. The van der Waals surface area contributed by atoms with E-state index in [4.69, 9.17) is 5.84 Å². The monoisotopic (exact) mass is 184 g/mol. The molecule has 0 heterocycles. The maximum atomic E-state index is 5.44. The van der Waals surface area contributed by atoms with Crippen LogP contribution in [0.2, 0.25) is 0 Å². The highest BCUT2D eigenvalue weighted by Crippen LogP contribution is 2.10. The number of unbranched alkanes of at least 4 members (excludes halogenated alkanes) is 3. The predicted molar refractivity (Wildman–Crippen MR) is 59.3 cm³/mol. The van der Waals surface area contributed by atoms with Crippen LogP contribution in [0.15, 0.2) is 12.2 Å². The number of nitrogens with one attached hydrogen (secondary N) is 1. The van der Waals surface area contributed by atoms with Crippen LogP contribution in [0, 0.1) is 0 Å². The smallest absolute Gasteiger partial charge is 0.0247 e. The minimum Gasteiger partial charge on any atom is -0.271 e. The van der Waals surface area contributed by atoms with Crippen LogP contribution in [-0.4, -0.2) is 6.04 Å². The summed E-state index contributed by atoms with van der Waals surface area (Å²) in [5.74, 6) is 5.44. The lowest BCUT2D eigenvalue weighted by Crippen LogP contribution is -2.35. The van der Waals surface area contributed by atoms with Gasteiger partial charge in [-0.05, 0) is 19.8 Å². The molecule has 0 fully saturated rings. The van der Waals surface area contributed by atoms with Gasteiger partial charge in [0, 0.05) is 6.04 Å². The van der Waals surface area contributed by atoms with Crippen LogP contribution in [0.3, 0.4) is 0 Å². The lowest BCUT2D eigenvalue weighted by atomic mass is 10.0. The van der Waals surface area contributed by atoms with Crippen LogP contribution < -0.4 is 11.3 Å². The van der Waals surface area contributed by atoms with Gasteiger partial charge >= 0.3 is 0 Å². The molecule has 0 aromatic carbocycles. The van der Waals surface area contributed by atoms with Gasteiger partial charge < -0.3 is 0 Å². The molecule has 0 rings (SSSR count). The van der Waals surface area contributed by atoms with Gasteiger partial charge in [0.05, 0.1) is 0 Å². The summed E-state index contributed by atoms with van der Waals surface area (Å²) in [5, 5.41) is 0. The van der Waals surface area contributed by atoms with E-state index in [-0.39, 0.29) is 0 Å². The topological polar surface area (TPSA) is 38.0 Å². The van der Waals surface area contributed by atoms with Gasteiger partial charge in [-0.2, -0.15) is 0 Å². The molecule has 13 heavy (non-hydrogen) atoms. The van der Waals surface area contributed by atoms with E-state index in [9.17, 15) is 0 Å². The number of rotatable bonds is 8. The molecule has 0 aliphatic carbocycles. The van der Waals surface area contributed by atoms with E-state index in [1.54, 1.807) is 0 Å². The van der Waals surface area contributed by atoms with Crippen molar-refractivity contribution in [3.05, 3.63) is 12.2 Å². The third-order valence-electron chi connectivity index (χ3n) is 2.24. The number of nitrogens with two attached hydrogens (primary N) is 1. The summed E-state index contributed by atoms with van der Waals surface area (Å²) >= 11 is 0. The molecule has 1 unspecified atom stereocenters. The van der Waals surface area contributed by atoms with Crippen LogP contribution >= 0.6 is 0 Å². The van der Waals surface area contributed by atoms with Gasteiger partial charge in [-0.25, -0.2) is 0 Å². The standard InChI is InChI=1S/C11H24N2/c1-4-5-6-7-8-11(13-12)9-10(2)3/h11,13H,2,4-9,12H2,1,3H3. The molecule has 2 nitrogen and oxygen atoms in total. The maximum absolute atomic E-state index is 5.44. The highest BCUT2D eigenvalue weighted by Gasteiger charge is 2.05. The highest BCUT2D eigenvalue weighted by molar-refractivity contribution is 4.92. The first-order valence-electron chi connectivity index (χ1n) is 5.31. The summed E-state index contributed by atoms with van der Waals surface area (Å²) in [4.78, 5) is 0. The molecule has 0 aliphatic heterocycles. The Labute approximate surface area is 82.6 Å². The van der Waals surface area contributed by atoms with E-state index in [0.717, 1.165) is 6.42 Å². The fourth-order valence-electron chi connectivity index (χ4n) is 1.48. The number of hydrazine groups is 1. The second-order valence-electron chi connectivity index (χ2n) is 3.87. The first kappa shape index (κ1) is 12.7. The molecule has 1 atom stereocenters. The number of hydrogen-bond acceptors (Lipinski definition) is 2. The van der Waals surface area contributed by atoms with Crippen molar-refractivity contribution in [1.82, 2.24) is 5.43 Å². The van der Waals surface area contributed by atoms with Crippen molar-refractivity contribution < 1.29 is 0 Å². The van der Waals surface area contributed by atoms with Crippen LogP contribution in [0.25, 0.3) is 0 Å². The second kappa shape index (κ2) is 8.27. The average molecular weight is 184 g/mol. The van der Waals surface area contributed by atoms with Crippen molar-refractivity contribution in [3.63, 3.8) is 0 Å². The Morgan fingerprint density at radius 2 is 2.08 bits per heavy atom. The molecule has 0 aromatic heterocycles. The predicted octanol–water partition coefficient (Wildman–Crippen LogP) is 2.75. The summed E-state index contributed by atoms with van der Waals surface area (Å²) < 4.78 is 0. The molecular weight excluding hydrogens is 160 g/mol. The maximum Gasteiger partial charge on any atom is 0.0247 e. The molecule has 0 bridgehead atoms. The van der Waals surface area contributed by atoms with Gasteiger partial charge in [0.1, 0.15) is 0 Å². The minimum absolute atomic E-state index is 0.425. The SMILES string of the molecule is C=C(C)CC(CCCCCC)NN. The zero-order valence-electron chi connectivity index (χ0n) is 9.10. The van der Waals surface area contributed by atoms with Crippen LogP contribution in [0.1, 0.15) is 52.4 Å². The largest absolute Gasteiger partial charge is 0.271 e. The molecule has 0 amide bonds. The first-order valence-corrected chi connectivity index (χ1v) is 5.31. The van der Waals surface area contributed by atoms with E-state index in [0.29, 0.717) is 6.04 Å². The summed E-state index contributed by atoms with van der Waals surface area (Å²) in [6, 6.07) is 0.425. The van der Waals surface area contributed by atoms with Crippen molar-refractivity contribution in [2.75, 3.05) is 0 Å². The number of hydrogen-bond donors (Lipinski definition) is 2. The normalized spacial score (nSPS) is 12.8. The second-order valence-corrected chi connectivity index (χ2v) is 3.87. The van der Waals surface area contributed by atoms with Gasteiger partial charge in [-0.3, -0.25) is 11.3 Å². The van der Waals surface area contributed by atoms with E-state index >= 15 is 0 Å². The van der Waals surface area contributed by atoms with Crippen molar-refractivity contribution >= 4 is 0 Å². The van der Waals surface area contributed by atoms with Crippen LogP contribution in [-0.2, 0) is 0 Å². The molecule has 0 spiro atoms. The fraction of sp³-hybridized carbons (Fsp3) is 0.818. The Balaban J connectivity index is 3.42. The highest BCUT2D eigenvalue weighted by atomic mass is 15.2. The summed E-state index contributed by atoms with van der Waals surface area (Å²) in [5.41, 5.74) is 4.06. The molecule has 78 valence electrons. The Morgan fingerprint density at radius 1 is 1.38 bits per heavy atom. The lowest BCUT2D eigenvalue weighted by molar-refractivity contribution is 0.462. The molecule has 2 heteroatoms. The van der Waals surface area contributed by atoms with Crippen LogP contribution in [0.4, 0.5) is 0 Å². The molecule has 0 saturated carbocycles. The average Bonchev–Trinajstić information content (AvgIpc) is 2.09. The molecule has 0 saturated heterocycles. The quantitative estimate of drug-likeness (QED) is 0.263. The molecular formula is C11H24N2. The molecule has 0 aromatic rings. The van der Waals surface area contributed by atoms with Gasteiger partial charge in [0.15, 0.2) is 0 Å². The molecule has 0 aliphatic rings. The summed E-state index contributed by atoms with van der Waals surface area (Å²) in [7, 11) is 0. The van der Waals surface area contributed by atoms with Gasteiger partial charge in [0.2, 0.25) is 0 Å². The first-order chi connectivity index (χ1) is 6.20. The van der Waals surface area contributed by atoms with Gasteiger partial charge in [-0.15, -0.1) is 6.58 Å². The summed E-state index contributed by atoms with van der Waals surface area (Å²) in [6.45, 7) is 8.17. The zero-order chi connectivity index (χ0) is 10.1. The van der Waals surface area contributed by atoms with Crippen molar-refractivity contribution in [1.29, 1.82) is 0 Å². The van der Waals surface area contributed by atoms with E-state index in [1.165, 1.54) is 37.7 Å². The summed E-state index contributed by atoms with van der Waals surface area (Å²) in [6.07, 6.45) is 7.40. The lowest BCUT2D eigenvalue weighted by Gasteiger charge is -2.15. The van der Waals surface area contributed by atoms with Gasteiger partial charge in [0.25, 0.3) is 0 Å². The van der Waals surface area contributed by atoms with Crippen molar-refractivity contribution in [2.24, 2.45) is 5.84 Å². The van der Waals surface area contributed by atoms with Crippen molar-refractivity contribution in [2.45, 2.75) is 58.4 Å². The Bertz CT molecular complexity index is 132. The van der Waals surface area contributed by atoms with Gasteiger partial charge in [-0.1, -0.05) is 38.2 Å². The fourth-order valence-corrected chi connectivity index (χ4v) is 1.48. The van der Waals surface area contributed by atoms with E-state index in [1.807, 2.05) is 0 Å². The molecule has 3 N–H and O–H groups in total. The van der Waals surface area contributed by atoms with Crippen molar-refractivity contribution in [3.8, 4) is 0 Å². The third-order valence-corrected chi connectivity index (χ3v) is 2.24. The Kier molecular flexibility index (Phi) is 8.05.